The van der Waals surface area contributed by atoms with E-state index >= 15 is 0 Å². The molecule has 1 aliphatic rings. The maximum absolute atomic E-state index is 2.33. The minimum atomic E-state index is 0. The average molecular weight is 127 g/mol. The quantitative estimate of drug-likeness (QED) is 0.449. The second kappa shape index (κ2) is 3.67. The molecule has 0 aromatic rings. The molecule has 0 saturated carbocycles. The van der Waals surface area contributed by atoms with Gasteiger partial charge in [0.2, 0.25) is 0 Å². The Balaban J connectivity index is 0.000000640. The first-order valence-corrected chi connectivity index (χ1v) is 3.13. The van der Waals surface area contributed by atoms with E-state index in [-0.39, 0.29) is 7.43 Å². The van der Waals surface area contributed by atoms with Crippen molar-refractivity contribution in [3.63, 3.8) is 0 Å². The molecule has 0 aromatic heterocycles. The predicted molar refractivity (Wildman–Crippen MR) is 42.6 cm³/mol. The number of likely N-dealkylation sites (N-methyl/N-ethyl adjacent to an activating group) is 1. The lowest BCUT2D eigenvalue weighted by atomic mass is 10.1. The topological polar surface area (TPSA) is 3.24 Å². The highest BCUT2D eigenvalue weighted by Crippen LogP contribution is 2.06. The molecular weight excluding hydrogens is 110 g/mol. The summed E-state index contributed by atoms with van der Waals surface area (Å²) in [5.41, 5.74) is 1.54. The minimum absolute atomic E-state index is 0. The van der Waals surface area contributed by atoms with Crippen LogP contribution in [0.4, 0.5) is 0 Å². The fourth-order valence-electron chi connectivity index (χ4n) is 0.872. The van der Waals surface area contributed by atoms with Crippen molar-refractivity contribution in [2.45, 2.75) is 20.8 Å². The van der Waals surface area contributed by atoms with E-state index in [1.165, 1.54) is 13.0 Å². The molecule has 1 heterocycles. The molecule has 54 valence electrons. The van der Waals surface area contributed by atoms with Gasteiger partial charge < -0.3 is 4.90 Å². The van der Waals surface area contributed by atoms with E-state index < -0.39 is 0 Å². The Hall–Kier alpha value is -0.300. The van der Waals surface area contributed by atoms with Gasteiger partial charge in [0.05, 0.1) is 0 Å². The van der Waals surface area contributed by atoms with Crippen molar-refractivity contribution in [2.75, 3.05) is 20.1 Å². The van der Waals surface area contributed by atoms with Gasteiger partial charge in [0.25, 0.3) is 0 Å². The van der Waals surface area contributed by atoms with Gasteiger partial charge in [0.1, 0.15) is 0 Å². The summed E-state index contributed by atoms with van der Waals surface area (Å²) in [6, 6.07) is 0. The van der Waals surface area contributed by atoms with Crippen molar-refractivity contribution in [3.05, 3.63) is 11.6 Å². The number of hydrogen-bond acceptors (Lipinski definition) is 1. The Morgan fingerprint density at radius 1 is 1.56 bits per heavy atom. The monoisotopic (exact) mass is 127 g/mol. The molecule has 1 aliphatic heterocycles. The van der Waals surface area contributed by atoms with Gasteiger partial charge in [-0.1, -0.05) is 19.1 Å². The summed E-state index contributed by atoms with van der Waals surface area (Å²) < 4.78 is 0. The highest BCUT2D eigenvalue weighted by molar-refractivity contribution is 5.02. The minimum Gasteiger partial charge on any atom is -0.302 e. The third kappa shape index (κ3) is 2.66. The van der Waals surface area contributed by atoms with Gasteiger partial charge in [-0.15, -0.1) is 0 Å². The van der Waals surface area contributed by atoms with E-state index in [1.54, 1.807) is 5.57 Å². The molecule has 1 nitrogen and oxygen atoms in total. The van der Waals surface area contributed by atoms with E-state index in [4.69, 9.17) is 0 Å². The SMILES string of the molecule is C.CC1=CCN(C)CC1. The van der Waals surface area contributed by atoms with E-state index in [9.17, 15) is 0 Å². The second-order valence-corrected chi connectivity index (χ2v) is 2.56. The van der Waals surface area contributed by atoms with Crippen LogP contribution in [0.25, 0.3) is 0 Å². The van der Waals surface area contributed by atoms with Crippen molar-refractivity contribution in [1.82, 2.24) is 4.90 Å². The molecule has 0 unspecified atom stereocenters. The average Bonchev–Trinajstić information content (AvgIpc) is 1.77. The van der Waals surface area contributed by atoms with Crippen molar-refractivity contribution >= 4 is 0 Å². The van der Waals surface area contributed by atoms with Crippen LogP contribution in [0.2, 0.25) is 0 Å². The zero-order valence-corrected chi connectivity index (χ0v) is 5.65. The summed E-state index contributed by atoms with van der Waals surface area (Å²) in [5.74, 6) is 0. The molecular formula is C8H17N. The second-order valence-electron chi connectivity index (χ2n) is 2.56. The van der Waals surface area contributed by atoms with Crippen LogP contribution < -0.4 is 0 Å². The van der Waals surface area contributed by atoms with Crippen LogP contribution in [0.15, 0.2) is 11.6 Å². The van der Waals surface area contributed by atoms with Crippen LogP contribution in [0.1, 0.15) is 20.8 Å². The van der Waals surface area contributed by atoms with Gasteiger partial charge >= 0.3 is 0 Å². The molecule has 0 aliphatic carbocycles. The Bertz CT molecular complexity index is 105. The van der Waals surface area contributed by atoms with Crippen molar-refractivity contribution in [2.24, 2.45) is 0 Å². The summed E-state index contributed by atoms with van der Waals surface area (Å²) in [4.78, 5) is 2.33. The van der Waals surface area contributed by atoms with Gasteiger partial charge in [0, 0.05) is 13.1 Å². The first-order chi connectivity index (χ1) is 3.79. The van der Waals surface area contributed by atoms with Crippen LogP contribution in [0.5, 0.6) is 0 Å². The maximum Gasteiger partial charge on any atom is 0.0162 e. The standard InChI is InChI=1S/C7H13N.CH4/c1-7-3-5-8(2)6-4-7;/h3H,4-6H2,1-2H3;1H4. The lowest BCUT2D eigenvalue weighted by molar-refractivity contribution is 0.359. The largest absolute Gasteiger partial charge is 0.302 e. The molecule has 0 aromatic carbocycles. The van der Waals surface area contributed by atoms with Gasteiger partial charge in [-0.2, -0.15) is 0 Å². The lowest BCUT2D eigenvalue weighted by Gasteiger charge is -2.19. The molecule has 0 N–H and O–H groups in total. The number of hydrogen-bond donors (Lipinski definition) is 0. The summed E-state index contributed by atoms with van der Waals surface area (Å²) in [7, 11) is 2.16. The summed E-state index contributed by atoms with van der Waals surface area (Å²) in [6.07, 6.45) is 3.56. The Morgan fingerprint density at radius 2 is 2.22 bits per heavy atom. The van der Waals surface area contributed by atoms with Gasteiger partial charge in [-0.25, -0.2) is 0 Å². The number of rotatable bonds is 0. The third-order valence-corrected chi connectivity index (χ3v) is 1.64. The van der Waals surface area contributed by atoms with E-state index in [0.29, 0.717) is 0 Å². The van der Waals surface area contributed by atoms with E-state index in [2.05, 4.69) is 24.9 Å². The fraction of sp³-hybridized carbons (Fsp3) is 0.750. The fourth-order valence-corrected chi connectivity index (χ4v) is 0.872. The van der Waals surface area contributed by atoms with Gasteiger partial charge in [-0.05, 0) is 20.4 Å². The zero-order valence-electron chi connectivity index (χ0n) is 5.65. The predicted octanol–water partition coefficient (Wildman–Crippen LogP) is 1.90. The van der Waals surface area contributed by atoms with Gasteiger partial charge in [-0.3, -0.25) is 0 Å². The summed E-state index contributed by atoms with van der Waals surface area (Å²) in [6.45, 7) is 4.58. The highest BCUT2D eigenvalue weighted by atomic mass is 15.1. The first-order valence-electron chi connectivity index (χ1n) is 3.13. The highest BCUT2D eigenvalue weighted by Gasteiger charge is 2.01. The molecule has 0 spiro atoms. The van der Waals surface area contributed by atoms with Crippen LogP contribution in [0.3, 0.4) is 0 Å². The normalized spacial score (nSPS) is 20.4. The van der Waals surface area contributed by atoms with Crippen LogP contribution >= 0.6 is 0 Å². The Labute approximate surface area is 58.4 Å². The zero-order chi connectivity index (χ0) is 5.98. The molecule has 0 fully saturated rings. The van der Waals surface area contributed by atoms with Crippen molar-refractivity contribution < 1.29 is 0 Å². The van der Waals surface area contributed by atoms with Gasteiger partial charge in [0.15, 0.2) is 0 Å². The number of nitrogens with zero attached hydrogens (tertiary/aromatic N) is 1. The molecule has 1 rings (SSSR count). The summed E-state index contributed by atoms with van der Waals surface area (Å²) in [5, 5.41) is 0. The van der Waals surface area contributed by atoms with Crippen LogP contribution in [-0.2, 0) is 0 Å². The molecule has 0 saturated heterocycles. The molecule has 0 atom stereocenters. The van der Waals surface area contributed by atoms with E-state index in [0.717, 1.165) is 6.54 Å². The first kappa shape index (κ1) is 8.70. The summed E-state index contributed by atoms with van der Waals surface area (Å²) >= 11 is 0. The molecule has 9 heavy (non-hydrogen) atoms. The molecule has 0 radical (unpaired) electrons. The third-order valence-electron chi connectivity index (χ3n) is 1.64. The maximum atomic E-state index is 2.33. The molecule has 0 amide bonds. The Morgan fingerprint density at radius 3 is 2.56 bits per heavy atom. The smallest absolute Gasteiger partial charge is 0.0162 e. The van der Waals surface area contributed by atoms with E-state index in [1.807, 2.05) is 0 Å². The van der Waals surface area contributed by atoms with Crippen molar-refractivity contribution in [1.29, 1.82) is 0 Å². The van der Waals surface area contributed by atoms with Crippen LogP contribution in [0, 0.1) is 0 Å². The molecule has 1 heteroatoms. The van der Waals surface area contributed by atoms with Crippen LogP contribution in [-0.4, -0.2) is 25.0 Å². The lowest BCUT2D eigenvalue weighted by Crippen LogP contribution is -2.23. The molecule has 0 bridgehead atoms. The Kier molecular flexibility index (Phi) is 3.55. The van der Waals surface area contributed by atoms with Crippen molar-refractivity contribution in [3.8, 4) is 0 Å².